The molecule has 0 saturated carbocycles. The maximum atomic E-state index is 6.74. The van der Waals surface area contributed by atoms with Crippen LogP contribution >= 0.6 is 0 Å². The van der Waals surface area contributed by atoms with Crippen molar-refractivity contribution in [1.82, 2.24) is 0 Å². The van der Waals surface area contributed by atoms with Gasteiger partial charge in [-0.1, -0.05) is 13.3 Å². The molecule has 4 nitrogen and oxygen atoms in total. The number of allylic oxidation sites excluding steroid dienone is 8. The van der Waals surface area contributed by atoms with E-state index in [9.17, 15) is 0 Å². The third kappa shape index (κ3) is 6.02. The Bertz CT molecular complexity index is 772. The van der Waals surface area contributed by atoms with Crippen molar-refractivity contribution in [2.45, 2.75) is 115 Å². The normalized spacial score (nSPS) is 28.5. The van der Waals surface area contributed by atoms with E-state index in [1.807, 2.05) is 6.26 Å². The molecule has 0 aromatic carbocycles. The van der Waals surface area contributed by atoms with E-state index in [-0.39, 0.29) is 0 Å². The monoisotopic (exact) mass is 440 g/mol. The van der Waals surface area contributed by atoms with Gasteiger partial charge in [0.1, 0.15) is 5.76 Å². The smallest absolute Gasteiger partial charge is 0.294 e. The van der Waals surface area contributed by atoms with Crippen molar-refractivity contribution in [3.05, 3.63) is 59.7 Å². The number of hydrogen-bond donors (Lipinski definition) is 0. The average Bonchev–Trinajstić information content (AvgIpc) is 3.34. The Balaban J connectivity index is 1.64. The second-order valence-corrected chi connectivity index (χ2v) is 9.33. The van der Waals surface area contributed by atoms with Crippen LogP contribution in [0.3, 0.4) is 0 Å². The molecule has 4 aliphatic carbocycles. The largest absolute Gasteiger partial charge is 0.479 e. The fraction of sp³-hybridized carbons (Fsp3) is 0.643. The van der Waals surface area contributed by atoms with Gasteiger partial charge in [0.25, 0.3) is 5.79 Å². The molecule has 2 unspecified atom stereocenters. The van der Waals surface area contributed by atoms with E-state index < -0.39 is 11.9 Å². The molecule has 4 aliphatic rings. The van der Waals surface area contributed by atoms with Crippen LogP contribution < -0.4 is 0 Å². The van der Waals surface area contributed by atoms with Gasteiger partial charge in [-0.3, -0.25) is 0 Å². The van der Waals surface area contributed by atoms with Crippen LogP contribution in [-0.2, 0) is 18.9 Å². The summed E-state index contributed by atoms with van der Waals surface area (Å²) in [6.45, 7) is 2.18. The zero-order chi connectivity index (χ0) is 22.1. The maximum Gasteiger partial charge on any atom is 0.294 e. The highest BCUT2D eigenvalue weighted by atomic mass is 16.7. The molecule has 32 heavy (non-hydrogen) atoms. The minimum atomic E-state index is -0.908. The van der Waals surface area contributed by atoms with E-state index >= 15 is 0 Å². The molecule has 4 heteroatoms. The number of hydrogen-bond acceptors (Lipinski definition) is 4. The number of ether oxygens (including phenoxy) is 4. The summed E-state index contributed by atoms with van der Waals surface area (Å²) >= 11 is 0. The third-order valence-electron chi connectivity index (χ3n) is 6.64. The van der Waals surface area contributed by atoms with Crippen LogP contribution in [0.5, 0.6) is 0 Å². The van der Waals surface area contributed by atoms with Crippen molar-refractivity contribution in [2.24, 2.45) is 0 Å². The van der Waals surface area contributed by atoms with Gasteiger partial charge in [-0.2, -0.15) is 0 Å². The first-order chi connectivity index (χ1) is 15.8. The van der Waals surface area contributed by atoms with Gasteiger partial charge < -0.3 is 18.9 Å². The molecule has 0 amide bonds. The van der Waals surface area contributed by atoms with Crippen LogP contribution in [0.25, 0.3) is 0 Å². The molecule has 0 aliphatic heterocycles. The molecular formula is C28H40O4. The average molecular weight is 441 g/mol. The van der Waals surface area contributed by atoms with Crippen molar-refractivity contribution >= 4 is 0 Å². The predicted molar refractivity (Wildman–Crippen MR) is 127 cm³/mol. The molecule has 176 valence electrons. The minimum Gasteiger partial charge on any atom is -0.479 e. The number of unbranched alkanes of at least 4 members (excludes halogenated alkanes) is 1. The molecule has 0 aromatic rings. The molecule has 0 aromatic heterocycles. The SMILES string of the molecule is CCCC=COC1(OC2=CCCCC2)CCC=C(OC2=CCCC2)C1OC1=CCCCC1. The molecular weight excluding hydrogens is 400 g/mol. The van der Waals surface area contributed by atoms with Crippen LogP contribution in [0.4, 0.5) is 0 Å². The van der Waals surface area contributed by atoms with E-state index in [2.05, 4.69) is 37.3 Å². The standard InChI is InChI=1S/C28H40O4/c1-2-3-12-22-29-28(32-25-18-8-5-9-19-25)21-13-20-26(30-23-16-10-11-17-23)27(28)31-24-14-6-4-7-15-24/h12,14,16,18,20,22,27H,2-11,13,15,17,19,21H2,1H3. The minimum absolute atomic E-state index is 0.420. The molecule has 0 fully saturated rings. The Hall–Kier alpha value is -2.10. The summed E-state index contributed by atoms with van der Waals surface area (Å²) in [5, 5.41) is 0. The molecule has 0 radical (unpaired) electrons. The van der Waals surface area contributed by atoms with Crippen molar-refractivity contribution in [2.75, 3.05) is 0 Å². The second kappa shape index (κ2) is 11.7. The van der Waals surface area contributed by atoms with Gasteiger partial charge in [-0.15, -0.1) is 0 Å². The second-order valence-electron chi connectivity index (χ2n) is 9.33. The first kappa shape index (κ1) is 23.1. The lowest BCUT2D eigenvalue weighted by atomic mass is 9.94. The Morgan fingerprint density at radius 3 is 2.25 bits per heavy atom. The Morgan fingerprint density at radius 1 is 0.844 bits per heavy atom. The lowest BCUT2D eigenvalue weighted by Crippen LogP contribution is -2.51. The maximum absolute atomic E-state index is 6.74. The Morgan fingerprint density at radius 2 is 1.56 bits per heavy atom. The quantitative estimate of drug-likeness (QED) is 0.254. The van der Waals surface area contributed by atoms with E-state index in [1.54, 1.807) is 0 Å². The zero-order valence-corrected chi connectivity index (χ0v) is 19.8. The highest BCUT2D eigenvalue weighted by Crippen LogP contribution is 2.42. The van der Waals surface area contributed by atoms with Crippen LogP contribution in [0, 0.1) is 0 Å². The van der Waals surface area contributed by atoms with Gasteiger partial charge >= 0.3 is 0 Å². The van der Waals surface area contributed by atoms with Gasteiger partial charge in [0, 0.05) is 25.7 Å². The molecule has 0 heterocycles. The fourth-order valence-electron chi connectivity index (χ4n) is 4.84. The van der Waals surface area contributed by atoms with Gasteiger partial charge in [-0.25, -0.2) is 0 Å². The molecule has 0 saturated heterocycles. The summed E-state index contributed by atoms with van der Waals surface area (Å²) in [7, 11) is 0. The first-order valence-electron chi connectivity index (χ1n) is 12.9. The lowest BCUT2D eigenvalue weighted by Gasteiger charge is -2.43. The highest BCUT2D eigenvalue weighted by molar-refractivity contribution is 5.19. The van der Waals surface area contributed by atoms with Crippen molar-refractivity contribution < 1.29 is 18.9 Å². The van der Waals surface area contributed by atoms with Gasteiger partial charge in [0.2, 0.25) is 6.10 Å². The van der Waals surface area contributed by atoms with E-state index in [0.29, 0.717) is 0 Å². The lowest BCUT2D eigenvalue weighted by molar-refractivity contribution is -0.249. The van der Waals surface area contributed by atoms with Crippen molar-refractivity contribution in [1.29, 1.82) is 0 Å². The van der Waals surface area contributed by atoms with E-state index in [0.717, 1.165) is 100 Å². The van der Waals surface area contributed by atoms with Crippen LogP contribution in [0.15, 0.2) is 59.7 Å². The van der Waals surface area contributed by atoms with E-state index in [4.69, 9.17) is 18.9 Å². The molecule has 0 spiro atoms. The summed E-state index contributed by atoms with van der Waals surface area (Å²) in [5.74, 6) is 3.07. The van der Waals surface area contributed by atoms with Crippen LogP contribution in [0.2, 0.25) is 0 Å². The Kier molecular flexibility index (Phi) is 8.42. The predicted octanol–water partition coefficient (Wildman–Crippen LogP) is 8.09. The summed E-state index contributed by atoms with van der Waals surface area (Å²) in [5.41, 5.74) is 0. The topological polar surface area (TPSA) is 36.9 Å². The third-order valence-corrected chi connectivity index (χ3v) is 6.64. The van der Waals surface area contributed by atoms with Gasteiger partial charge in [0.15, 0.2) is 0 Å². The van der Waals surface area contributed by atoms with Crippen LogP contribution in [0.1, 0.15) is 103 Å². The van der Waals surface area contributed by atoms with Crippen molar-refractivity contribution in [3.8, 4) is 0 Å². The van der Waals surface area contributed by atoms with Gasteiger partial charge in [-0.05, 0) is 94.6 Å². The summed E-state index contributed by atoms with van der Waals surface area (Å²) in [6, 6.07) is 0. The van der Waals surface area contributed by atoms with Crippen LogP contribution in [-0.4, -0.2) is 11.9 Å². The molecule has 4 rings (SSSR count). The van der Waals surface area contributed by atoms with Gasteiger partial charge in [0.05, 0.1) is 23.5 Å². The Labute approximate surface area is 194 Å². The number of rotatable bonds is 10. The molecule has 0 N–H and O–H groups in total. The zero-order valence-electron chi connectivity index (χ0n) is 19.8. The fourth-order valence-corrected chi connectivity index (χ4v) is 4.84. The molecule has 0 bridgehead atoms. The molecule has 2 atom stereocenters. The van der Waals surface area contributed by atoms with E-state index in [1.165, 1.54) is 19.3 Å². The summed E-state index contributed by atoms with van der Waals surface area (Å²) < 4.78 is 26.4. The summed E-state index contributed by atoms with van der Waals surface area (Å²) in [6.07, 6.45) is 28.1. The highest BCUT2D eigenvalue weighted by Gasteiger charge is 2.51. The van der Waals surface area contributed by atoms with Crippen molar-refractivity contribution in [3.63, 3.8) is 0 Å². The first-order valence-corrected chi connectivity index (χ1v) is 12.9. The summed E-state index contributed by atoms with van der Waals surface area (Å²) in [4.78, 5) is 0.